The van der Waals surface area contributed by atoms with Crippen molar-refractivity contribution in [3.8, 4) is 23.2 Å². The summed E-state index contributed by atoms with van der Waals surface area (Å²) < 4.78 is 40.1. The van der Waals surface area contributed by atoms with E-state index in [1.807, 2.05) is 13.8 Å². The molecule has 41 heavy (non-hydrogen) atoms. The first kappa shape index (κ1) is 28.2. The van der Waals surface area contributed by atoms with Crippen LogP contribution in [0.2, 0.25) is 0 Å². The summed E-state index contributed by atoms with van der Waals surface area (Å²) in [5.74, 6) is 7.36. The molecule has 5 rings (SSSR count). The highest BCUT2D eigenvalue weighted by atomic mass is 32.2. The third kappa shape index (κ3) is 6.87. The van der Waals surface area contributed by atoms with Gasteiger partial charge in [-0.05, 0) is 18.9 Å². The van der Waals surface area contributed by atoms with Gasteiger partial charge in [0, 0.05) is 43.2 Å². The van der Waals surface area contributed by atoms with E-state index < -0.39 is 16.7 Å². The molecule has 0 unspecified atom stereocenters. The largest absolute Gasteiger partial charge is 0.396 e. The summed E-state index contributed by atoms with van der Waals surface area (Å²) in [4.78, 5) is 13.3. The Kier molecular flexibility index (Phi) is 8.00. The zero-order valence-electron chi connectivity index (χ0n) is 22.6. The Balaban J connectivity index is 1.38. The minimum Gasteiger partial charge on any atom is -0.396 e. The molecule has 4 heterocycles. The monoisotopic (exact) mass is 579 g/mol. The van der Waals surface area contributed by atoms with Crippen LogP contribution < -0.4 is 10.6 Å². The number of anilines is 3. The van der Waals surface area contributed by atoms with Gasteiger partial charge in [-0.2, -0.15) is 14.3 Å². The highest BCUT2D eigenvalue weighted by Crippen LogP contribution is 2.30. The average molecular weight is 580 g/mol. The van der Waals surface area contributed by atoms with Gasteiger partial charge in [0.2, 0.25) is 0 Å². The van der Waals surface area contributed by atoms with Crippen molar-refractivity contribution in [3.05, 3.63) is 60.4 Å². The molecular formula is C27H30FN9O3S. The first-order valence-electron chi connectivity index (χ1n) is 13.0. The molecule has 0 aliphatic heterocycles. The van der Waals surface area contributed by atoms with Crippen LogP contribution in [0.15, 0.2) is 49.3 Å². The van der Waals surface area contributed by atoms with E-state index in [1.54, 1.807) is 36.9 Å². The standard InChI is InChI=1S/C27H30FN9O3S/c1-27(2,18-38)17-31-23-11-25(30-13-20(23)4-3-19-12-32-36(15-19)10-8-28)34-24-7-9-29-26(35-24)21-14-33-37(16-21)41(39,40)22-5-6-22/h7,9,11-16,22,38H,5-6,8,10,17-18H2,1-2H3,(H2,29,30,31,34,35). The van der Waals surface area contributed by atoms with Crippen LogP contribution in [0.5, 0.6) is 0 Å². The fourth-order valence-corrected chi connectivity index (χ4v) is 5.19. The molecule has 0 spiro atoms. The van der Waals surface area contributed by atoms with Gasteiger partial charge in [-0.15, -0.1) is 0 Å². The van der Waals surface area contributed by atoms with Crippen LogP contribution >= 0.6 is 0 Å². The Hall–Kier alpha value is -4.35. The molecule has 0 radical (unpaired) electrons. The zero-order chi connectivity index (χ0) is 29.0. The lowest BCUT2D eigenvalue weighted by atomic mass is 9.95. The number of aromatic nitrogens is 7. The van der Waals surface area contributed by atoms with Crippen LogP contribution in [-0.4, -0.2) is 72.5 Å². The van der Waals surface area contributed by atoms with Crippen LogP contribution in [0.25, 0.3) is 11.4 Å². The molecule has 4 aromatic rings. The number of nitrogens with zero attached hydrogens (tertiary/aromatic N) is 7. The lowest BCUT2D eigenvalue weighted by Gasteiger charge is -2.23. The molecule has 0 bridgehead atoms. The smallest absolute Gasteiger partial charge is 0.256 e. The minimum absolute atomic E-state index is 0.00673. The fraction of sp³-hybridized carbons (Fsp3) is 0.370. The molecule has 14 heteroatoms. The van der Waals surface area contributed by atoms with Gasteiger partial charge in [0.25, 0.3) is 10.0 Å². The predicted molar refractivity (Wildman–Crippen MR) is 152 cm³/mol. The third-order valence-electron chi connectivity index (χ3n) is 6.31. The molecule has 0 aromatic carbocycles. The quantitative estimate of drug-likeness (QED) is 0.226. The Bertz CT molecular complexity index is 1700. The van der Waals surface area contributed by atoms with E-state index in [4.69, 9.17) is 0 Å². The number of aliphatic hydroxyl groups excluding tert-OH is 1. The number of rotatable bonds is 11. The first-order chi connectivity index (χ1) is 19.7. The minimum atomic E-state index is -3.49. The maximum absolute atomic E-state index is 12.6. The maximum Gasteiger partial charge on any atom is 0.256 e. The molecule has 1 aliphatic carbocycles. The van der Waals surface area contributed by atoms with Gasteiger partial charge >= 0.3 is 0 Å². The topological polar surface area (TPSA) is 153 Å². The summed E-state index contributed by atoms with van der Waals surface area (Å²) in [5, 5.41) is 23.9. The molecule has 0 amide bonds. The number of aliphatic hydroxyl groups is 1. The second kappa shape index (κ2) is 11.6. The van der Waals surface area contributed by atoms with Crippen LogP contribution in [0.4, 0.5) is 21.7 Å². The summed E-state index contributed by atoms with van der Waals surface area (Å²) in [5.41, 5.74) is 2.04. The second-order valence-corrected chi connectivity index (χ2v) is 12.5. The lowest BCUT2D eigenvalue weighted by molar-refractivity contribution is 0.171. The number of nitrogens with one attached hydrogen (secondary N) is 2. The van der Waals surface area contributed by atoms with Crippen molar-refractivity contribution in [1.29, 1.82) is 0 Å². The SMILES string of the molecule is CC(C)(CO)CNc1cc(Nc2ccnc(-c3cnn(S(=O)(=O)C4CC4)c3)n2)ncc1C#Cc1cnn(CCF)c1. The summed E-state index contributed by atoms with van der Waals surface area (Å²) in [7, 11) is -3.49. The normalized spacial score (nSPS) is 13.5. The van der Waals surface area contributed by atoms with Crippen LogP contribution in [0.1, 0.15) is 37.8 Å². The number of halogens is 1. The van der Waals surface area contributed by atoms with Crippen molar-refractivity contribution < 1.29 is 17.9 Å². The molecule has 1 fully saturated rings. The molecule has 3 N–H and O–H groups in total. The highest BCUT2D eigenvalue weighted by molar-refractivity contribution is 7.90. The Morgan fingerprint density at radius 1 is 1.12 bits per heavy atom. The average Bonchev–Trinajstić information content (AvgIpc) is 3.54. The number of aryl methyl sites for hydroxylation is 1. The van der Waals surface area contributed by atoms with Crippen molar-refractivity contribution in [3.63, 3.8) is 0 Å². The summed E-state index contributed by atoms with van der Waals surface area (Å²) >= 11 is 0. The van der Waals surface area contributed by atoms with E-state index in [2.05, 4.69) is 47.6 Å². The Labute approximate surface area is 237 Å². The Morgan fingerprint density at radius 2 is 1.95 bits per heavy atom. The van der Waals surface area contributed by atoms with Gasteiger partial charge in [0.05, 0.1) is 52.8 Å². The lowest BCUT2D eigenvalue weighted by Crippen LogP contribution is -2.27. The predicted octanol–water partition coefficient (Wildman–Crippen LogP) is 2.82. The molecule has 0 atom stereocenters. The van der Waals surface area contributed by atoms with Crippen LogP contribution in [-0.2, 0) is 16.6 Å². The van der Waals surface area contributed by atoms with Crippen molar-refractivity contribution in [1.82, 2.24) is 33.9 Å². The molecule has 12 nitrogen and oxygen atoms in total. The molecule has 0 saturated heterocycles. The molecular weight excluding hydrogens is 549 g/mol. The zero-order valence-corrected chi connectivity index (χ0v) is 23.4. The summed E-state index contributed by atoms with van der Waals surface area (Å²) in [6.45, 7) is 3.99. The van der Waals surface area contributed by atoms with E-state index in [-0.39, 0.29) is 23.8 Å². The molecule has 4 aromatic heterocycles. The van der Waals surface area contributed by atoms with Crippen molar-refractivity contribution in [2.45, 2.75) is 38.5 Å². The fourth-order valence-electron chi connectivity index (χ4n) is 3.71. The Morgan fingerprint density at radius 3 is 2.71 bits per heavy atom. The third-order valence-corrected chi connectivity index (χ3v) is 8.35. The highest BCUT2D eigenvalue weighted by Gasteiger charge is 2.37. The van der Waals surface area contributed by atoms with E-state index in [1.165, 1.54) is 17.1 Å². The number of hydrogen-bond acceptors (Lipinski definition) is 10. The second-order valence-electron chi connectivity index (χ2n) is 10.5. The number of hydrogen-bond donors (Lipinski definition) is 3. The molecule has 1 saturated carbocycles. The van der Waals surface area contributed by atoms with Crippen LogP contribution in [0.3, 0.4) is 0 Å². The first-order valence-corrected chi connectivity index (χ1v) is 14.5. The van der Waals surface area contributed by atoms with Gasteiger partial charge in [-0.3, -0.25) is 4.68 Å². The summed E-state index contributed by atoms with van der Waals surface area (Å²) in [6.07, 6.45) is 10.6. The molecule has 214 valence electrons. The van der Waals surface area contributed by atoms with E-state index in [9.17, 15) is 17.9 Å². The van der Waals surface area contributed by atoms with Gasteiger partial charge in [0.1, 0.15) is 18.3 Å². The van der Waals surface area contributed by atoms with Crippen molar-refractivity contribution in [2.24, 2.45) is 5.41 Å². The number of alkyl halides is 1. The van der Waals surface area contributed by atoms with Crippen molar-refractivity contribution in [2.75, 3.05) is 30.5 Å². The molecule has 1 aliphatic rings. The van der Waals surface area contributed by atoms with Crippen LogP contribution in [0, 0.1) is 17.3 Å². The van der Waals surface area contributed by atoms with Gasteiger partial charge < -0.3 is 15.7 Å². The van der Waals surface area contributed by atoms with Gasteiger partial charge in [0.15, 0.2) is 5.82 Å². The van der Waals surface area contributed by atoms with Gasteiger partial charge in [-0.1, -0.05) is 25.7 Å². The maximum atomic E-state index is 12.6. The number of pyridine rings is 1. The van der Waals surface area contributed by atoms with Crippen molar-refractivity contribution >= 4 is 27.3 Å². The van der Waals surface area contributed by atoms with E-state index >= 15 is 0 Å². The van der Waals surface area contributed by atoms with Gasteiger partial charge in [-0.25, -0.2) is 27.8 Å². The van der Waals surface area contributed by atoms with E-state index in [0.717, 1.165) is 4.09 Å². The van der Waals surface area contributed by atoms with E-state index in [0.29, 0.717) is 59.2 Å². The summed E-state index contributed by atoms with van der Waals surface area (Å²) in [6, 6.07) is 3.45.